The van der Waals surface area contributed by atoms with Crippen molar-refractivity contribution in [3.8, 4) is 17.2 Å². The smallest absolute Gasteiger partial charge is 0.203 e. The second-order valence-corrected chi connectivity index (χ2v) is 6.72. The normalized spacial score (nSPS) is 10.7. The molecule has 6 nitrogen and oxygen atoms in total. The first-order valence-electron chi connectivity index (χ1n) is 8.62. The molecule has 0 amide bonds. The standard InChI is InChI=1S/C20H26BrN3O3.HI/c1-6-22-20(23-12-14-7-8-15(21)9-13(14)2)24-16-10-17(25-3)19(27-5)18(11-16)26-4;/h7-11H,6,12H2,1-5H3,(H2,22,23,24);1H. The third-order valence-corrected chi connectivity index (χ3v) is 4.48. The van der Waals surface area contributed by atoms with E-state index < -0.39 is 0 Å². The highest BCUT2D eigenvalue weighted by Gasteiger charge is 2.14. The Bertz CT molecular complexity index is 790. The Morgan fingerprint density at radius 3 is 2.18 bits per heavy atom. The lowest BCUT2D eigenvalue weighted by molar-refractivity contribution is 0.324. The molecule has 2 aromatic carbocycles. The average molecular weight is 564 g/mol. The Kier molecular flexibility index (Phi) is 10.4. The molecule has 8 heteroatoms. The lowest BCUT2D eigenvalue weighted by Crippen LogP contribution is -2.30. The molecule has 0 aliphatic heterocycles. The molecular weight excluding hydrogens is 537 g/mol. The van der Waals surface area contributed by atoms with Gasteiger partial charge in [-0.15, -0.1) is 24.0 Å². The molecule has 0 spiro atoms. The van der Waals surface area contributed by atoms with E-state index in [2.05, 4.69) is 50.6 Å². The summed E-state index contributed by atoms with van der Waals surface area (Å²) in [6.07, 6.45) is 0. The van der Waals surface area contributed by atoms with Gasteiger partial charge in [0.05, 0.1) is 27.9 Å². The van der Waals surface area contributed by atoms with Gasteiger partial charge in [-0.1, -0.05) is 22.0 Å². The zero-order valence-corrected chi connectivity index (χ0v) is 20.7. The summed E-state index contributed by atoms with van der Waals surface area (Å²) in [5.74, 6) is 2.39. The molecule has 2 rings (SSSR count). The maximum Gasteiger partial charge on any atom is 0.203 e. The van der Waals surface area contributed by atoms with Crippen LogP contribution in [0.25, 0.3) is 0 Å². The zero-order valence-electron chi connectivity index (χ0n) is 16.8. The van der Waals surface area contributed by atoms with Crippen LogP contribution in [-0.2, 0) is 6.54 Å². The van der Waals surface area contributed by atoms with Gasteiger partial charge in [0.15, 0.2) is 17.5 Å². The SMILES string of the molecule is CCNC(=NCc1ccc(Br)cc1C)Nc1cc(OC)c(OC)c(OC)c1.I. The van der Waals surface area contributed by atoms with E-state index in [-0.39, 0.29) is 24.0 Å². The number of halogens is 2. The number of aliphatic imine (C=N–C) groups is 1. The van der Waals surface area contributed by atoms with Crippen LogP contribution in [0.5, 0.6) is 17.2 Å². The minimum absolute atomic E-state index is 0. The van der Waals surface area contributed by atoms with Gasteiger partial charge < -0.3 is 24.8 Å². The molecule has 0 aliphatic carbocycles. The summed E-state index contributed by atoms with van der Waals surface area (Å²) in [5, 5.41) is 6.55. The highest BCUT2D eigenvalue weighted by molar-refractivity contribution is 14.0. The van der Waals surface area contributed by atoms with E-state index in [0.717, 1.165) is 16.7 Å². The third kappa shape index (κ3) is 6.44. The topological polar surface area (TPSA) is 64.1 Å². The Morgan fingerprint density at radius 2 is 1.68 bits per heavy atom. The number of aryl methyl sites for hydroxylation is 1. The number of nitrogens with one attached hydrogen (secondary N) is 2. The molecule has 0 saturated heterocycles. The first-order valence-corrected chi connectivity index (χ1v) is 9.42. The molecule has 0 aliphatic rings. The molecular formula is C20H27BrIN3O3. The summed E-state index contributed by atoms with van der Waals surface area (Å²) in [6, 6.07) is 9.88. The fraction of sp³-hybridized carbons (Fsp3) is 0.350. The van der Waals surface area contributed by atoms with E-state index in [1.807, 2.05) is 25.1 Å². The van der Waals surface area contributed by atoms with Gasteiger partial charge in [0.25, 0.3) is 0 Å². The Labute approximate surface area is 192 Å². The van der Waals surface area contributed by atoms with Gasteiger partial charge in [-0.05, 0) is 37.1 Å². The lowest BCUT2D eigenvalue weighted by atomic mass is 10.1. The number of ether oxygens (including phenoxy) is 3. The van der Waals surface area contributed by atoms with Crippen LogP contribution in [-0.4, -0.2) is 33.8 Å². The molecule has 0 saturated carbocycles. The molecule has 0 atom stereocenters. The summed E-state index contributed by atoms with van der Waals surface area (Å²) in [7, 11) is 4.77. The molecule has 0 aromatic heterocycles. The second kappa shape index (κ2) is 12.0. The lowest BCUT2D eigenvalue weighted by Gasteiger charge is -2.16. The maximum atomic E-state index is 5.41. The number of hydrogen-bond acceptors (Lipinski definition) is 4. The van der Waals surface area contributed by atoms with Gasteiger partial charge in [-0.25, -0.2) is 4.99 Å². The minimum atomic E-state index is 0. The van der Waals surface area contributed by atoms with Gasteiger partial charge in [0, 0.05) is 28.8 Å². The monoisotopic (exact) mass is 563 g/mol. The highest BCUT2D eigenvalue weighted by atomic mass is 127. The molecule has 0 bridgehead atoms. The number of rotatable bonds is 7. The highest BCUT2D eigenvalue weighted by Crippen LogP contribution is 2.39. The maximum absolute atomic E-state index is 5.41. The van der Waals surface area contributed by atoms with Crippen molar-refractivity contribution in [1.29, 1.82) is 0 Å². The van der Waals surface area contributed by atoms with Gasteiger partial charge in [0.1, 0.15) is 0 Å². The third-order valence-electron chi connectivity index (χ3n) is 3.98. The quantitative estimate of drug-likeness (QED) is 0.283. The zero-order chi connectivity index (χ0) is 19.8. The predicted molar refractivity (Wildman–Crippen MR) is 129 cm³/mol. The van der Waals surface area contributed by atoms with E-state index in [0.29, 0.717) is 29.8 Å². The van der Waals surface area contributed by atoms with E-state index in [1.54, 1.807) is 21.3 Å². The van der Waals surface area contributed by atoms with Gasteiger partial charge in [-0.3, -0.25) is 0 Å². The number of guanidine groups is 1. The summed E-state index contributed by atoms with van der Waals surface area (Å²) in [4.78, 5) is 4.69. The van der Waals surface area contributed by atoms with Crippen molar-refractivity contribution in [2.24, 2.45) is 4.99 Å². The van der Waals surface area contributed by atoms with Crippen molar-refractivity contribution in [2.45, 2.75) is 20.4 Å². The summed E-state index contributed by atoms with van der Waals surface area (Å²) in [6.45, 7) is 5.42. The van der Waals surface area contributed by atoms with E-state index in [4.69, 9.17) is 14.2 Å². The minimum Gasteiger partial charge on any atom is -0.493 e. The van der Waals surface area contributed by atoms with Crippen molar-refractivity contribution in [2.75, 3.05) is 33.2 Å². The molecule has 2 aromatic rings. The number of benzene rings is 2. The molecule has 2 N–H and O–H groups in total. The number of hydrogen-bond donors (Lipinski definition) is 2. The number of methoxy groups -OCH3 is 3. The van der Waals surface area contributed by atoms with Gasteiger partial charge >= 0.3 is 0 Å². The first-order chi connectivity index (χ1) is 13.0. The van der Waals surface area contributed by atoms with Crippen LogP contribution in [0, 0.1) is 6.92 Å². The van der Waals surface area contributed by atoms with Gasteiger partial charge in [0.2, 0.25) is 5.75 Å². The fourth-order valence-corrected chi connectivity index (χ4v) is 3.07. The number of nitrogens with zero attached hydrogens (tertiary/aromatic N) is 1. The van der Waals surface area contributed by atoms with E-state index >= 15 is 0 Å². The summed E-state index contributed by atoms with van der Waals surface area (Å²) in [5.41, 5.74) is 3.15. The van der Waals surface area contributed by atoms with E-state index in [1.165, 1.54) is 11.1 Å². The average Bonchev–Trinajstić information content (AvgIpc) is 2.66. The number of anilines is 1. The molecule has 0 unspecified atom stereocenters. The van der Waals surface area contributed by atoms with Crippen LogP contribution in [0.4, 0.5) is 5.69 Å². The van der Waals surface area contributed by atoms with Crippen molar-refractivity contribution in [3.63, 3.8) is 0 Å². The van der Waals surface area contributed by atoms with Crippen LogP contribution >= 0.6 is 39.9 Å². The largest absolute Gasteiger partial charge is 0.493 e. The van der Waals surface area contributed by atoms with Gasteiger partial charge in [-0.2, -0.15) is 0 Å². The van der Waals surface area contributed by atoms with Crippen molar-refractivity contribution < 1.29 is 14.2 Å². The summed E-state index contributed by atoms with van der Waals surface area (Å²) < 4.78 is 17.2. The van der Waals surface area contributed by atoms with Crippen LogP contribution in [0.3, 0.4) is 0 Å². The van der Waals surface area contributed by atoms with Crippen LogP contribution in [0.2, 0.25) is 0 Å². The summed E-state index contributed by atoms with van der Waals surface area (Å²) >= 11 is 3.49. The van der Waals surface area contributed by atoms with Crippen LogP contribution in [0.1, 0.15) is 18.1 Å². The first kappa shape index (κ1) is 24.4. The Balaban J connectivity index is 0.00000392. The second-order valence-electron chi connectivity index (χ2n) is 5.80. The van der Waals surface area contributed by atoms with Crippen LogP contribution < -0.4 is 24.8 Å². The van der Waals surface area contributed by atoms with E-state index in [9.17, 15) is 0 Å². The van der Waals surface area contributed by atoms with Crippen molar-refractivity contribution in [3.05, 3.63) is 45.9 Å². The van der Waals surface area contributed by atoms with Crippen molar-refractivity contribution in [1.82, 2.24) is 5.32 Å². The van der Waals surface area contributed by atoms with Crippen molar-refractivity contribution >= 4 is 51.6 Å². The molecule has 0 fully saturated rings. The predicted octanol–water partition coefficient (Wildman–Crippen LogP) is 4.98. The Morgan fingerprint density at radius 1 is 1.04 bits per heavy atom. The molecule has 154 valence electrons. The molecule has 0 heterocycles. The Hall–Kier alpha value is -1.68. The van der Waals surface area contributed by atoms with Crippen LogP contribution in [0.15, 0.2) is 39.8 Å². The molecule has 0 radical (unpaired) electrons. The molecule has 28 heavy (non-hydrogen) atoms. The fourth-order valence-electron chi connectivity index (χ4n) is 2.60.